The first-order valence-corrected chi connectivity index (χ1v) is 11.6. The van der Waals surface area contributed by atoms with Crippen LogP contribution in [0.2, 0.25) is 0 Å². The van der Waals surface area contributed by atoms with Gasteiger partial charge in [0.05, 0.1) is 24.2 Å². The van der Waals surface area contributed by atoms with Gasteiger partial charge in [0, 0.05) is 13.1 Å². The number of rotatable bonds is 11. The van der Waals surface area contributed by atoms with Gasteiger partial charge in [-0.25, -0.2) is 4.79 Å². The Bertz CT molecular complexity index is 1210. The summed E-state index contributed by atoms with van der Waals surface area (Å²) in [5.41, 5.74) is 8.69. The van der Waals surface area contributed by atoms with Crippen LogP contribution in [0, 0.1) is 19.8 Å². The van der Waals surface area contributed by atoms with Gasteiger partial charge in [0.2, 0.25) is 11.8 Å². The van der Waals surface area contributed by atoms with Crippen molar-refractivity contribution in [2.75, 3.05) is 19.7 Å². The van der Waals surface area contributed by atoms with Crippen molar-refractivity contribution in [2.45, 2.75) is 47.2 Å². The van der Waals surface area contributed by atoms with E-state index in [9.17, 15) is 14.4 Å². The third-order valence-electron chi connectivity index (χ3n) is 5.75. The fourth-order valence-electron chi connectivity index (χ4n) is 3.99. The SMILES string of the molecule is Cc1cc2c(cc1C)n(CC(=O)N(CC(N)=O)CC(C)C)c(=O)n2CCCOc1ccccc1. The number of aromatic nitrogens is 2. The standard InChI is InChI=1S/C26H34N4O4/c1-18(2)15-28(16-24(27)31)25(32)17-30-23-14-20(4)19(3)13-22(23)29(26(30)33)11-8-12-34-21-9-6-5-7-10-21/h5-7,9-10,13-14,18H,8,11-12,15-17H2,1-4H3,(H2,27,31). The van der Waals surface area contributed by atoms with Gasteiger partial charge in [0.25, 0.3) is 0 Å². The van der Waals surface area contributed by atoms with E-state index in [4.69, 9.17) is 10.5 Å². The zero-order valence-electron chi connectivity index (χ0n) is 20.4. The largest absolute Gasteiger partial charge is 0.494 e. The first kappa shape index (κ1) is 25.1. The van der Waals surface area contributed by atoms with Crippen LogP contribution in [0.25, 0.3) is 11.0 Å². The van der Waals surface area contributed by atoms with E-state index >= 15 is 0 Å². The molecule has 0 saturated carbocycles. The summed E-state index contributed by atoms with van der Waals surface area (Å²) in [4.78, 5) is 39.4. The Kier molecular flexibility index (Phi) is 8.15. The Hall–Kier alpha value is -3.55. The van der Waals surface area contributed by atoms with Crippen LogP contribution in [0.4, 0.5) is 0 Å². The molecule has 3 rings (SSSR count). The number of carbonyl (C=O) groups is 2. The molecule has 34 heavy (non-hydrogen) atoms. The second kappa shape index (κ2) is 11.0. The van der Waals surface area contributed by atoms with Crippen LogP contribution in [-0.2, 0) is 22.7 Å². The number of primary amides is 1. The van der Waals surface area contributed by atoms with Crippen LogP contribution in [-0.4, -0.2) is 45.5 Å². The van der Waals surface area contributed by atoms with Crippen LogP contribution in [0.5, 0.6) is 5.75 Å². The molecule has 1 heterocycles. The molecule has 0 fully saturated rings. The summed E-state index contributed by atoms with van der Waals surface area (Å²) < 4.78 is 8.97. The first-order chi connectivity index (χ1) is 16.2. The molecule has 0 aliphatic rings. The fraction of sp³-hybridized carbons (Fsp3) is 0.423. The van der Waals surface area contributed by atoms with Crippen molar-refractivity contribution < 1.29 is 14.3 Å². The number of imidazole rings is 1. The van der Waals surface area contributed by atoms with Crippen molar-refractivity contribution in [1.29, 1.82) is 0 Å². The number of nitrogens with two attached hydrogens (primary N) is 1. The van der Waals surface area contributed by atoms with E-state index in [0.29, 0.717) is 31.6 Å². The van der Waals surface area contributed by atoms with Gasteiger partial charge in [-0.15, -0.1) is 0 Å². The molecule has 2 aromatic carbocycles. The number of carbonyl (C=O) groups excluding carboxylic acids is 2. The van der Waals surface area contributed by atoms with Crippen molar-refractivity contribution in [3.63, 3.8) is 0 Å². The van der Waals surface area contributed by atoms with E-state index in [1.807, 2.05) is 70.2 Å². The molecule has 0 radical (unpaired) electrons. The molecule has 1 aromatic heterocycles. The van der Waals surface area contributed by atoms with Gasteiger partial charge in [-0.3, -0.25) is 18.7 Å². The van der Waals surface area contributed by atoms with Crippen molar-refractivity contribution in [1.82, 2.24) is 14.0 Å². The Labute approximate surface area is 199 Å². The lowest BCUT2D eigenvalue weighted by Crippen LogP contribution is -2.43. The highest BCUT2D eigenvalue weighted by Gasteiger charge is 2.21. The Morgan fingerprint density at radius 2 is 1.65 bits per heavy atom. The van der Waals surface area contributed by atoms with E-state index in [0.717, 1.165) is 22.4 Å². The smallest absolute Gasteiger partial charge is 0.329 e. The monoisotopic (exact) mass is 466 g/mol. The Morgan fingerprint density at radius 1 is 1.03 bits per heavy atom. The number of amides is 2. The maximum atomic E-state index is 13.4. The molecule has 0 spiro atoms. The molecule has 0 atom stereocenters. The number of hydrogen-bond donors (Lipinski definition) is 1. The highest BCUT2D eigenvalue weighted by Crippen LogP contribution is 2.20. The number of ether oxygens (including phenoxy) is 1. The second-order valence-corrected chi connectivity index (χ2v) is 9.10. The molecule has 3 aromatic rings. The maximum Gasteiger partial charge on any atom is 0.329 e. The molecule has 182 valence electrons. The quantitative estimate of drug-likeness (QED) is 0.439. The van der Waals surface area contributed by atoms with Gasteiger partial charge in [-0.2, -0.15) is 0 Å². The second-order valence-electron chi connectivity index (χ2n) is 9.10. The lowest BCUT2D eigenvalue weighted by Gasteiger charge is -2.23. The third-order valence-corrected chi connectivity index (χ3v) is 5.75. The van der Waals surface area contributed by atoms with E-state index in [1.165, 1.54) is 9.47 Å². The molecule has 0 aliphatic carbocycles. The number of benzene rings is 2. The Balaban J connectivity index is 1.86. The third kappa shape index (κ3) is 6.07. The van der Waals surface area contributed by atoms with Crippen molar-refractivity contribution in [3.8, 4) is 5.75 Å². The maximum absolute atomic E-state index is 13.4. The minimum absolute atomic E-state index is 0.147. The molecule has 8 nitrogen and oxygen atoms in total. The number of hydrogen-bond acceptors (Lipinski definition) is 4. The van der Waals surface area contributed by atoms with Crippen LogP contribution in [0.1, 0.15) is 31.4 Å². The number of para-hydroxylation sites is 1. The molecule has 0 saturated heterocycles. The van der Waals surface area contributed by atoms with Gasteiger partial charge in [-0.1, -0.05) is 32.0 Å². The normalized spacial score (nSPS) is 11.2. The predicted molar refractivity (Wildman–Crippen MR) is 133 cm³/mol. The molecule has 2 amide bonds. The van der Waals surface area contributed by atoms with Crippen LogP contribution in [0.3, 0.4) is 0 Å². The zero-order chi connectivity index (χ0) is 24.8. The van der Waals surface area contributed by atoms with Crippen LogP contribution in [0.15, 0.2) is 47.3 Å². The topological polar surface area (TPSA) is 99.6 Å². The average Bonchev–Trinajstić information content (AvgIpc) is 3.01. The lowest BCUT2D eigenvalue weighted by molar-refractivity contribution is -0.136. The highest BCUT2D eigenvalue weighted by molar-refractivity contribution is 5.85. The van der Waals surface area contributed by atoms with Gasteiger partial charge < -0.3 is 15.4 Å². The summed E-state index contributed by atoms with van der Waals surface area (Å²) in [6.45, 7) is 8.91. The zero-order valence-corrected chi connectivity index (χ0v) is 20.4. The van der Waals surface area contributed by atoms with Crippen molar-refractivity contribution in [3.05, 3.63) is 64.1 Å². The fourth-order valence-corrected chi connectivity index (χ4v) is 3.99. The van der Waals surface area contributed by atoms with E-state index in [1.54, 1.807) is 4.57 Å². The molecular weight excluding hydrogens is 432 g/mol. The summed E-state index contributed by atoms with van der Waals surface area (Å²) in [5, 5.41) is 0. The number of aryl methyl sites for hydroxylation is 3. The molecule has 0 unspecified atom stereocenters. The van der Waals surface area contributed by atoms with E-state index in [-0.39, 0.29) is 30.6 Å². The van der Waals surface area contributed by atoms with Gasteiger partial charge in [0.1, 0.15) is 12.3 Å². The molecule has 8 heteroatoms. The minimum atomic E-state index is -0.575. The Morgan fingerprint density at radius 3 is 2.24 bits per heavy atom. The summed E-state index contributed by atoms with van der Waals surface area (Å²) in [5.74, 6) is 0.0675. The lowest BCUT2D eigenvalue weighted by atomic mass is 10.1. The summed E-state index contributed by atoms with van der Waals surface area (Å²) in [6, 6.07) is 13.5. The average molecular weight is 467 g/mol. The van der Waals surface area contributed by atoms with Crippen LogP contribution >= 0.6 is 0 Å². The molecule has 0 aliphatic heterocycles. The van der Waals surface area contributed by atoms with Gasteiger partial charge in [0.15, 0.2) is 0 Å². The first-order valence-electron chi connectivity index (χ1n) is 11.6. The van der Waals surface area contributed by atoms with Crippen LogP contribution < -0.4 is 16.2 Å². The minimum Gasteiger partial charge on any atom is -0.494 e. The van der Waals surface area contributed by atoms with E-state index < -0.39 is 5.91 Å². The number of fused-ring (bicyclic) bond motifs is 1. The summed E-state index contributed by atoms with van der Waals surface area (Å²) >= 11 is 0. The number of nitrogens with zero attached hydrogens (tertiary/aromatic N) is 3. The predicted octanol–water partition coefficient (Wildman–Crippen LogP) is 2.86. The molecule has 2 N–H and O–H groups in total. The highest BCUT2D eigenvalue weighted by atomic mass is 16.5. The van der Waals surface area contributed by atoms with Crippen molar-refractivity contribution >= 4 is 22.8 Å². The van der Waals surface area contributed by atoms with Gasteiger partial charge >= 0.3 is 5.69 Å². The van der Waals surface area contributed by atoms with E-state index in [2.05, 4.69) is 0 Å². The summed E-state index contributed by atoms with van der Waals surface area (Å²) in [6.07, 6.45) is 0.635. The van der Waals surface area contributed by atoms with Gasteiger partial charge in [-0.05, 0) is 61.6 Å². The molecular formula is C26H34N4O4. The van der Waals surface area contributed by atoms with Crippen molar-refractivity contribution in [2.24, 2.45) is 11.7 Å². The molecule has 0 bridgehead atoms. The summed E-state index contributed by atoms with van der Waals surface area (Å²) in [7, 11) is 0.